The highest BCUT2D eigenvalue weighted by Crippen LogP contribution is 2.28. The predicted molar refractivity (Wildman–Crippen MR) is 71.1 cm³/mol. The van der Waals surface area contributed by atoms with E-state index < -0.39 is 17.5 Å². The number of nitrogens with one attached hydrogen (secondary N) is 1. The highest BCUT2D eigenvalue weighted by Gasteiger charge is 2.32. The van der Waals surface area contributed by atoms with E-state index in [0.29, 0.717) is 6.54 Å². The maximum atomic E-state index is 13.3. The van der Waals surface area contributed by atoms with Crippen LogP contribution in [0, 0.1) is 11.6 Å². The topological polar surface area (TPSA) is 55.1 Å². The zero-order chi connectivity index (χ0) is 13.2. The van der Waals surface area contributed by atoms with Gasteiger partial charge in [0.25, 0.3) is 0 Å². The van der Waals surface area contributed by atoms with Crippen molar-refractivity contribution in [3.05, 3.63) is 35.4 Å². The summed E-state index contributed by atoms with van der Waals surface area (Å²) in [6.07, 6.45) is 2.52. The van der Waals surface area contributed by atoms with E-state index in [1.165, 1.54) is 6.07 Å². The van der Waals surface area contributed by atoms with E-state index in [1.807, 2.05) is 0 Å². The van der Waals surface area contributed by atoms with Gasteiger partial charge in [0.1, 0.15) is 11.6 Å². The molecule has 1 aliphatic carbocycles. The minimum absolute atomic E-state index is 0. The number of benzene rings is 1. The number of carbonyl (C=O) groups excluding carboxylic acids is 1. The van der Waals surface area contributed by atoms with Crippen molar-refractivity contribution in [2.75, 3.05) is 6.54 Å². The standard InChI is InChI=1S/C13H16F2N2O.ClH/c14-10-3-1-4-11(15)9(10)7-12(18)17-8-13(16)5-2-6-13;/h1,3-4H,2,5-8,16H2,(H,17,18);1H. The van der Waals surface area contributed by atoms with E-state index in [2.05, 4.69) is 5.32 Å². The second-order valence-electron chi connectivity index (χ2n) is 4.87. The summed E-state index contributed by atoms with van der Waals surface area (Å²) in [6.45, 7) is 0.363. The predicted octanol–water partition coefficient (Wildman–Crippen LogP) is 1.93. The first-order chi connectivity index (χ1) is 8.50. The van der Waals surface area contributed by atoms with E-state index in [9.17, 15) is 13.6 Å². The zero-order valence-electron chi connectivity index (χ0n) is 10.4. The molecule has 0 unspecified atom stereocenters. The van der Waals surface area contributed by atoms with Crippen molar-refractivity contribution in [2.24, 2.45) is 5.73 Å². The molecule has 1 saturated carbocycles. The van der Waals surface area contributed by atoms with Crippen molar-refractivity contribution in [1.82, 2.24) is 5.32 Å². The van der Waals surface area contributed by atoms with Crippen molar-refractivity contribution in [2.45, 2.75) is 31.2 Å². The summed E-state index contributed by atoms with van der Waals surface area (Å²) >= 11 is 0. The maximum absolute atomic E-state index is 13.3. The van der Waals surface area contributed by atoms with Crippen LogP contribution in [0.2, 0.25) is 0 Å². The van der Waals surface area contributed by atoms with Crippen molar-refractivity contribution in [1.29, 1.82) is 0 Å². The molecule has 1 aromatic rings. The lowest BCUT2D eigenvalue weighted by molar-refractivity contribution is -0.121. The largest absolute Gasteiger partial charge is 0.354 e. The molecule has 1 aliphatic rings. The Morgan fingerprint density at radius 2 is 1.89 bits per heavy atom. The van der Waals surface area contributed by atoms with Crippen LogP contribution in [-0.4, -0.2) is 18.0 Å². The third-order valence-electron chi connectivity index (χ3n) is 3.39. The first-order valence-corrected chi connectivity index (χ1v) is 5.99. The third-order valence-corrected chi connectivity index (χ3v) is 3.39. The zero-order valence-corrected chi connectivity index (χ0v) is 11.2. The SMILES string of the molecule is Cl.NC1(CNC(=O)Cc2c(F)cccc2F)CCC1. The summed E-state index contributed by atoms with van der Waals surface area (Å²) in [5.41, 5.74) is 5.41. The molecule has 3 N–H and O–H groups in total. The van der Waals surface area contributed by atoms with Crippen LogP contribution >= 0.6 is 12.4 Å². The van der Waals surface area contributed by atoms with Gasteiger partial charge in [-0.25, -0.2) is 8.78 Å². The highest BCUT2D eigenvalue weighted by atomic mass is 35.5. The number of hydrogen-bond acceptors (Lipinski definition) is 2. The van der Waals surface area contributed by atoms with Crippen LogP contribution in [0.5, 0.6) is 0 Å². The van der Waals surface area contributed by atoms with Gasteiger partial charge in [-0.3, -0.25) is 4.79 Å². The lowest BCUT2D eigenvalue weighted by Gasteiger charge is -2.38. The molecule has 1 amide bonds. The Morgan fingerprint density at radius 3 is 2.37 bits per heavy atom. The van der Waals surface area contributed by atoms with Gasteiger partial charge >= 0.3 is 0 Å². The summed E-state index contributed by atoms with van der Waals surface area (Å²) in [5, 5.41) is 2.63. The van der Waals surface area contributed by atoms with Gasteiger partial charge in [0.05, 0.1) is 6.42 Å². The molecule has 0 saturated heterocycles. The Balaban J connectivity index is 0.00000180. The lowest BCUT2D eigenvalue weighted by Crippen LogP contribution is -2.55. The van der Waals surface area contributed by atoms with Crippen molar-refractivity contribution in [3.63, 3.8) is 0 Å². The van der Waals surface area contributed by atoms with Crippen LogP contribution in [-0.2, 0) is 11.2 Å². The first-order valence-electron chi connectivity index (χ1n) is 5.99. The van der Waals surface area contributed by atoms with Crippen molar-refractivity contribution >= 4 is 18.3 Å². The van der Waals surface area contributed by atoms with Crippen LogP contribution < -0.4 is 11.1 Å². The minimum atomic E-state index is -0.698. The number of halogens is 3. The van der Waals surface area contributed by atoms with Gasteiger partial charge in [-0.05, 0) is 31.4 Å². The summed E-state index contributed by atoms with van der Waals surface area (Å²) in [5.74, 6) is -1.80. The Bertz CT molecular complexity index is 444. The van der Waals surface area contributed by atoms with Crippen LogP contribution in [0.1, 0.15) is 24.8 Å². The summed E-state index contributed by atoms with van der Waals surface area (Å²) in [7, 11) is 0. The van der Waals surface area contributed by atoms with E-state index in [1.54, 1.807) is 0 Å². The number of carbonyl (C=O) groups is 1. The molecular formula is C13H17ClF2N2O. The number of rotatable bonds is 4. The lowest BCUT2D eigenvalue weighted by atomic mass is 9.78. The Hall–Kier alpha value is -1.20. The highest BCUT2D eigenvalue weighted by molar-refractivity contribution is 5.85. The van der Waals surface area contributed by atoms with Gasteiger partial charge in [0, 0.05) is 17.6 Å². The number of nitrogens with two attached hydrogens (primary N) is 1. The van der Waals surface area contributed by atoms with Crippen LogP contribution in [0.15, 0.2) is 18.2 Å². The van der Waals surface area contributed by atoms with Crippen LogP contribution in [0.3, 0.4) is 0 Å². The smallest absolute Gasteiger partial charge is 0.224 e. The molecule has 0 bridgehead atoms. The molecule has 0 heterocycles. The molecule has 0 radical (unpaired) electrons. The molecule has 2 rings (SSSR count). The molecular weight excluding hydrogens is 274 g/mol. The molecule has 0 atom stereocenters. The molecule has 106 valence electrons. The fourth-order valence-corrected chi connectivity index (χ4v) is 2.01. The average Bonchev–Trinajstić information content (AvgIpc) is 2.29. The van der Waals surface area contributed by atoms with E-state index in [4.69, 9.17) is 5.73 Å². The molecule has 0 aromatic heterocycles. The third kappa shape index (κ3) is 3.88. The van der Waals surface area contributed by atoms with Crippen LogP contribution in [0.25, 0.3) is 0 Å². The monoisotopic (exact) mass is 290 g/mol. The summed E-state index contributed by atoms with van der Waals surface area (Å²) in [6, 6.07) is 3.55. The van der Waals surface area contributed by atoms with E-state index in [0.717, 1.165) is 31.4 Å². The normalized spacial score (nSPS) is 16.2. The van der Waals surface area contributed by atoms with Gasteiger partial charge in [-0.15, -0.1) is 12.4 Å². The van der Waals surface area contributed by atoms with E-state index in [-0.39, 0.29) is 29.9 Å². The molecule has 19 heavy (non-hydrogen) atoms. The van der Waals surface area contributed by atoms with Crippen molar-refractivity contribution < 1.29 is 13.6 Å². The molecule has 1 fully saturated rings. The van der Waals surface area contributed by atoms with Gasteiger partial charge < -0.3 is 11.1 Å². The molecule has 0 aliphatic heterocycles. The molecule has 1 aromatic carbocycles. The Labute approximate surface area is 117 Å². The Kier molecular flexibility index (Phi) is 5.26. The molecule has 3 nitrogen and oxygen atoms in total. The van der Waals surface area contributed by atoms with Gasteiger partial charge in [0.15, 0.2) is 0 Å². The molecule has 6 heteroatoms. The Morgan fingerprint density at radius 1 is 1.32 bits per heavy atom. The minimum Gasteiger partial charge on any atom is -0.354 e. The summed E-state index contributed by atoms with van der Waals surface area (Å²) < 4.78 is 26.6. The second-order valence-corrected chi connectivity index (χ2v) is 4.87. The fraction of sp³-hybridized carbons (Fsp3) is 0.462. The van der Waals surface area contributed by atoms with E-state index >= 15 is 0 Å². The number of amides is 1. The maximum Gasteiger partial charge on any atom is 0.224 e. The fourth-order valence-electron chi connectivity index (χ4n) is 2.01. The quantitative estimate of drug-likeness (QED) is 0.890. The van der Waals surface area contributed by atoms with Gasteiger partial charge in [-0.2, -0.15) is 0 Å². The molecule has 0 spiro atoms. The number of hydrogen-bond donors (Lipinski definition) is 2. The summed E-state index contributed by atoms with van der Waals surface area (Å²) in [4.78, 5) is 11.6. The average molecular weight is 291 g/mol. The second kappa shape index (κ2) is 6.30. The van der Waals surface area contributed by atoms with Gasteiger partial charge in [-0.1, -0.05) is 6.07 Å². The van der Waals surface area contributed by atoms with Crippen LogP contribution in [0.4, 0.5) is 8.78 Å². The van der Waals surface area contributed by atoms with Crippen molar-refractivity contribution in [3.8, 4) is 0 Å². The van der Waals surface area contributed by atoms with Gasteiger partial charge in [0.2, 0.25) is 5.91 Å². The first kappa shape index (κ1) is 15.9.